The predicted molar refractivity (Wildman–Crippen MR) is 133 cm³/mol. The number of carbonyl (C=O) groups excluding carboxylic acids is 1. The van der Waals surface area contributed by atoms with Crippen LogP contribution in [0.1, 0.15) is 67.4 Å². The van der Waals surface area contributed by atoms with Crippen LogP contribution in [0.25, 0.3) is 11.0 Å². The topological polar surface area (TPSA) is 140 Å². The Hall–Kier alpha value is -4.02. The van der Waals surface area contributed by atoms with E-state index in [-0.39, 0.29) is 28.9 Å². The molecule has 0 bridgehead atoms. The van der Waals surface area contributed by atoms with E-state index in [9.17, 15) is 14.4 Å². The molecule has 0 aromatic carbocycles. The summed E-state index contributed by atoms with van der Waals surface area (Å²) in [4.78, 5) is 52.0. The van der Waals surface area contributed by atoms with Gasteiger partial charge in [-0.2, -0.15) is 4.98 Å². The summed E-state index contributed by atoms with van der Waals surface area (Å²) in [6.45, 7) is 3.86. The Morgan fingerprint density at radius 2 is 1.89 bits per heavy atom. The van der Waals surface area contributed by atoms with Crippen molar-refractivity contribution in [3.05, 3.63) is 46.0 Å². The molecule has 188 valence electrons. The number of hydrogen-bond donors (Lipinski definition) is 2. The number of nitrogens with one attached hydrogen (secondary N) is 1. The lowest BCUT2D eigenvalue weighted by Crippen LogP contribution is -2.33. The quantitative estimate of drug-likeness (QED) is 0.380. The van der Waals surface area contributed by atoms with Gasteiger partial charge in [0.1, 0.15) is 11.5 Å². The molecule has 3 aromatic rings. The summed E-state index contributed by atoms with van der Waals surface area (Å²) in [6.07, 6.45) is 6.72. The molecule has 0 radical (unpaired) electrons. The minimum Gasteiger partial charge on any atom is -0.450 e. The maximum absolute atomic E-state index is 13.4. The minimum absolute atomic E-state index is 0.000266. The van der Waals surface area contributed by atoms with E-state index in [2.05, 4.69) is 20.3 Å². The van der Waals surface area contributed by atoms with E-state index in [0.29, 0.717) is 35.4 Å². The number of hydrogen-bond acceptors (Lipinski definition) is 9. The molecule has 11 heteroatoms. The van der Waals surface area contributed by atoms with Gasteiger partial charge in [0.05, 0.1) is 17.4 Å². The van der Waals surface area contributed by atoms with Crippen LogP contribution in [0.15, 0.2) is 29.3 Å². The standard InChI is InChI=1S/C25H28N6O5/c1-14-18-13-27-24(29-22(18)31(16-6-3-4-7-16)23(33)21(14)15(2)32)28-19-10-9-17(12-26-19)30-11-5-8-20(30)36-25(34)35/h9-10,12-13,16,20H,3-8,11H2,1-2H3,(H,34,35)(H,26,27,28,29). The number of anilines is 3. The van der Waals surface area contributed by atoms with Crippen LogP contribution in [0.4, 0.5) is 22.2 Å². The van der Waals surface area contributed by atoms with Gasteiger partial charge in [-0.25, -0.2) is 14.8 Å². The van der Waals surface area contributed by atoms with Gasteiger partial charge in [0.2, 0.25) is 5.95 Å². The minimum atomic E-state index is -1.30. The van der Waals surface area contributed by atoms with Crippen molar-refractivity contribution in [2.45, 2.75) is 64.6 Å². The maximum atomic E-state index is 13.4. The van der Waals surface area contributed by atoms with Crippen molar-refractivity contribution in [3.63, 3.8) is 0 Å². The second kappa shape index (κ2) is 9.56. The SMILES string of the molecule is CC(=O)c1c(C)c2cnc(Nc3ccc(N4CCCC4OC(=O)O)cn3)nc2n(C2CCCC2)c1=O. The summed E-state index contributed by atoms with van der Waals surface area (Å²) in [5, 5.41) is 12.7. The number of fused-ring (bicyclic) bond motifs is 1. The third kappa shape index (κ3) is 4.36. The van der Waals surface area contributed by atoms with Gasteiger partial charge in [-0.3, -0.25) is 14.2 Å². The Kier molecular flexibility index (Phi) is 6.29. The monoisotopic (exact) mass is 492 g/mol. The third-order valence-electron chi connectivity index (χ3n) is 7.00. The van der Waals surface area contributed by atoms with E-state index in [1.807, 2.05) is 11.0 Å². The fraction of sp³-hybridized carbons (Fsp3) is 0.440. The van der Waals surface area contributed by atoms with Gasteiger partial charge in [-0.1, -0.05) is 12.8 Å². The van der Waals surface area contributed by atoms with Crippen LogP contribution < -0.4 is 15.8 Å². The zero-order valence-corrected chi connectivity index (χ0v) is 20.2. The number of nitrogens with zero attached hydrogens (tertiary/aromatic N) is 5. The van der Waals surface area contributed by atoms with Crippen LogP contribution in [0.5, 0.6) is 0 Å². The van der Waals surface area contributed by atoms with Gasteiger partial charge in [-0.15, -0.1) is 0 Å². The van der Waals surface area contributed by atoms with Gasteiger partial charge in [0.25, 0.3) is 5.56 Å². The van der Waals surface area contributed by atoms with Crippen molar-refractivity contribution < 1.29 is 19.4 Å². The summed E-state index contributed by atoms with van der Waals surface area (Å²) in [7, 11) is 0. The lowest BCUT2D eigenvalue weighted by molar-refractivity contribution is 0.0558. The van der Waals surface area contributed by atoms with Crippen molar-refractivity contribution in [2.75, 3.05) is 16.8 Å². The Morgan fingerprint density at radius 1 is 1.11 bits per heavy atom. The fourth-order valence-electron chi connectivity index (χ4n) is 5.32. The molecule has 0 spiro atoms. The largest absolute Gasteiger partial charge is 0.507 e. The van der Waals surface area contributed by atoms with Gasteiger partial charge in [0.15, 0.2) is 12.0 Å². The van der Waals surface area contributed by atoms with Crippen LogP contribution in [-0.4, -0.2) is 49.3 Å². The summed E-state index contributed by atoms with van der Waals surface area (Å²) < 4.78 is 6.64. The first kappa shape index (κ1) is 23.7. The number of aryl methyl sites for hydroxylation is 1. The Labute approximate surface area is 207 Å². The molecular formula is C25H28N6O5. The Morgan fingerprint density at radius 3 is 2.56 bits per heavy atom. The van der Waals surface area contributed by atoms with Crippen LogP contribution in [0.3, 0.4) is 0 Å². The Bertz CT molecular complexity index is 1380. The van der Waals surface area contributed by atoms with Crippen molar-refractivity contribution >= 4 is 40.4 Å². The number of aromatic nitrogens is 4. The molecular weight excluding hydrogens is 464 g/mol. The second-order valence-electron chi connectivity index (χ2n) is 9.30. The highest BCUT2D eigenvalue weighted by Gasteiger charge is 2.28. The fourth-order valence-corrected chi connectivity index (χ4v) is 5.32. The average molecular weight is 493 g/mol. The summed E-state index contributed by atoms with van der Waals surface area (Å²) in [5.74, 6) is 0.531. The highest BCUT2D eigenvalue weighted by atomic mass is 16.7. The molecule has 1 saturated carbocycles. The van der Waals surface area contributed by atoms with Crippen LogP contribution >= 0.6 is 0 Å². The van der Waals surface area contributed by atoms with Crippen molar-refractivity contribution in [3.8, 4) is 0 Å². The average Bonchev–Trinajstić information content (AvgIpc) is 3.52. The number of ketones is 1. The molecule has 3 aromatic heterocycles. The predicted octanol–water partition coefficient (Wildman–Crippen LogP) is 4.18. The normalized spacial score (nSPS) is 18.1. The third-order valence-corrected chi connectivity index (χ3v) is 7.00. The van der Waals surface area contributed by atoms with Crippen molar-refractivity contribution in [1.82, 2.24) is 19.5 Å². The molecule has 4 heterocycles. The first-order valence-corrected chi connectivity index (χ1v) is 12.2. The van der Waals surface area contributed by atoms with E-state index in [4.69, 9.17) is 9.84 Å². The molecule has 1 aliphatic carbocycles. The van der Waals surface area contributed by atoms with Crippen LogP contribution in [0, 0.1) is 6.92 Å². The van der Waals surface area contributed by atoms with Crippen molar-refractivity contribution in [2.24, 2.45) is 0 Å². The van der Waals surface area contributed by atoms with Gasteiger partial charge in [0, 0.05) is 30.6 Å². The molecule has 1 atom stereocenters. The molecule has 2 fully saturated rings. The van der Waals surface area contributed by atoms with E-state index < -0.39 is 12.4 Å². The number of rotatable bonds is 6. The molecule has 1 unspecified atom stereocenters. The molecule has 5 rings (SSSR count). The van der Waals surface area contributed by atoms with E-state index in [1.165, 1.54) is 6.92 Å². The first-order valence-electron chi connectivity index (χ1n) is 12.2. The lowest BCUT2D eigenvalue weighted by Gasteiger charge is -2.25. The summed E-state index contributed by atoms with van der Waals surface area (Å²) >= 11 is 0. The highest BCUT2D eigenvalue weighted by Crippen LogP contribution is 2.32. The number of pyridine rings is 2. The van der Waals surface area contributed by atoms with Crippen LogP contribution in [-0.2, 0) is 4.74 Å². The smallest absolute Gasteiger partial charge is 0.450 e. The van der Waals surface area contributed by atoms with E-state index in [0.717, 1.165) is 37.8 Å². The van der Waals surface area contributed by atoms with E-state index in [1.54, 1.807) is 30.0 Å². The zero-order chi connectivity index (χ0) is 25.4. The Balaban J connectivity index is 1.46. The molecule has 11 nitrogen and oxygen atoms in total. The summed E-state index contributed by atoms with van der Waals surface area (Å²) in [6, 6.07) is 3.59. The molecule has 36 heavy (non-hydrogen) atoms. The number of ether oxygens (including phenoxy) is 1. The van der Waals surface area contributed by atoms with Gasteiger partial charge < -0.3 is 20.1 Å². The molecule has 0 amide bonds. The highest BCUT2D eigenvalue weighted by molar-refractivity contribution is 5.99. The maximum Gasteiger partial charge on any atom is 0.507 e. The molecule has 1 aliphatic heterocycles. The second-order valence-corrected chi connectivity index (χ2v) is 9.30. The lowest BCUT2D eigenvalue weighted by atomic mass is 10.0. The number of carbonyl (C=O) groups is 2. The van der Waals surface area contributed by atoms with E-state index >= 15 is 0 Å². The van der Waals surface area contributed by atoms with Crippen LogP contribution in [0.2, 0.25) is 0 Å². The molecule has 2 aliphatic rings. The van der Waals surface area contributed by atoms with Gasteiger partial charge in [-0.05, 0) is 50.8 Å². The molecule has 2 N–H and O–H groups in total. The first-order chi connectivity index (χ1) is 17.3. The zero-order valence-electron chi connectivity index (χ0n) is 20.2. The number of Topliss-reactive ketones (excluding diaryl/α,β-unsaturated/α-hetero) is 1. The van der Waals surface area contributed by atoms with Crippen molar-refractivity contribution in [1.29, 1.82) is 0 Å². The summed E-state index contributed by atoms with van der Waals surface area (Å²) in [5.41, 5.74) is 1.76. The van der Waals surface area contributed by atoms with Gasteiger partial charge >= 0.3 is 6.16 Å². The molecule has 1 saturated heterocycles. The number of carboxylic acid groups (broad SMARTS) is 1.